The lowest BCUT2D eigenvalue weighted by molar-refractivity contribution is 0.0963. The van der Waals surface area contributed by atoms with E-state index in [2.05, 4.69) is 20.6 Å². The average molecular weight is 270 g/mol. The van der Waals surface area contributed by atoms with Gasteiger partial charge in [0.15, 0.2) is 5.82 Å². The summed E-state index contributed by atoms with van der Waals surface area (Å²) in [7, 11) is 1.61. The summed E-state index contributed by atoms with van der Waals surface area (Å²) in [5.41, 5.74) is 8.01. The van der Waals surface area contributed by atoms with Crippen molar-refractivity contribution in [1.29, 1.82) is 0 Å². The lowest BCUT2D eigenvalue weighted by Crippen LogP contribution is -2.19. The maximum Gasteiger partial charge on any atom is 0.251 e. The quantitative estimate of drug-likeness (QED) is 0.751. The SMILES string of the molecule is CNC(=O)c1ccc(N2CNc3cnc(N)nc32)cc1. The van der Waals surface area contributed by atoms with Gasteiger partial charge in [-0.15, -0.1) is 0 Å². The number of anilines is 4. The number of rotatable bonds is 2. The van der Waals surface area contributed by atoms with Gasteiger partial charge >= 0.3 is 0 Å². The summed E-state index contributed by atoms with van der Waals surface area (Å²) in [5, 5.41) is 5.78. The molecule has 1 aromatic heterocycles. The number of hydrogen-bond acceptors (Lipinski definition) is 6. The number of carbonyl (C=O) groups is 1. The van der Waals surface area contributed by atoms with E-state index in [0.29, 0.717) is 12.2 Å². The van der Waals surface area contributed by atoms with E-state index in [-0.39, 0.29) is 11.9 Å². The second-order valence-electron chi connectivity index (χ2n) is 4.35. The van der Waals surface area contributed by atoms with Gasteiger partial charge in [0.2, 0.25) is 5.95 Å². The van der Waals surface area contributed by atoms with Crippen molar-refractivity contribution in [2.24, 2.45) is 0 Å². The molecule has 0 aliphatic carbocycles. The van der Waals surface area contributed by atoms with Crippen LogP contribution in [0.5, 0.6) is 0 Å². The second-order valence-corrected chi connectivity index (χ2v) is 4.35. The molecule has 1 aliphatic heterocycles. The summed E-state index contributed by atoms with van der Waals surface area (Å²) >= 11 is 0. The van der Waals surface area contributed by atoms with Gasteiger partial charge in [-0.1, -0.05) is 0 Å². The van der Waals surface area contributed by atoms with Crippen LogP contribution in [0.2, 0.25) is 0 Å². The van der Waals surface area contributed by atoms with Crippen molar-refractivity contribution in [3.63, 3.8) is 0 Å². The minimum Gasteiger partial charge on any atom is -0.368 e. The van der Waals surface area contributed by atoms with Crippen molar-refractivity contribution in [3.05, 3.63) is 36.0 Å². The Hall–Kier alpha value is -2.83. The molecular formula is C13H14N6O. The Morgan fingerprint density at radius 1 is 1.40 bits per heavy atom. The molecule has 0 fully saturated rings. The lowest BCUT2D eigenvalue weighted by atomic mass is 10.2. The summed E-state index contributed by atoms with van der Waals surface area (Å²) in [6, 6.07) is 7.30. The normalized spacial score (nSPS) is 12.8. The van der Waals surface area contributed by atoms with Gasteiger partial charge in [-0.2, -0.15) is 4.98 Å². The van der Waals surface area contributed by atoms with Gasteiger partial charge in [0.1, 0.15) is 0 Å². The number of nitrogens with zero attached hydrogens (tertiary/aromatic N) is 3. The average Bonchev–Trinajstić information content (AvgIpc) is 2.89. The molecular weight excluding hydrogens is 256 g/mol. The number of hydrogen-bond donors (Lipinski definition) is 3. The van der Waals surface area contributed by atoms with E-state index >= 15 is 0 Å². The topological polar surface area (TPSA) is 96.2 Å². The van der Waals surface area contributed by atoms with E-state index < -0.39 is 0 Å². The number of nitrogens with one attached hydrogen (secondary N) is 2. The van der Waals surface area contributed by atoms with Gasteiger partial charge in [0, 0.05) is 18.3 Å². The number of nitrogens with two attached hydrogens (primary N) is 1. The summed E-state index contributed by atoms with van der Waals surface area (Å²) in [4.78, 5) is 21.7. The number of aromatic nitrogens is 2. The van der Waals surface area contributed by atoms with Crippen molar-refractivity contribution in [3.8, 4) is 0 Å². The van der Waals surface area contributed by atoms with Crippen LogP contribution < -0.4 is 21.3 Å². The fourth-order valence-corrected chi connectivity index (χ4v) is 2.11. The Labute approximate surface area is 115 Å². The monoisotopic (exact) mass is 270 g/mol. The van der Waals surface area contributed by atoms with Crippen LogP contribution >= 0.6 is 0 Å². The molecule has 2 aromatic rings. The first kappa shape index (κ1) is 12.2. The standard InChI is InChI=1S/C13H14N6O/c1-15-12(20)8-2-4-9(5-3-8)19-7-17-10-6-16-13(14)18-11(10)19/h2-6,17H,7H2,1H3,(H,15,20)(H2,14,16,18). The van der Waals surface area contributed by atoms with E-state index in [9.17, 15) is 4.79 Å². The molecule has 0 saturated heterocycles. The molecule has 0 radical (unpaired) electrons. The zero-order valence-corrected chi connectivity index (χ0v) is 10.9. The number of fused-ring (bicyclic) bond motifs is 1. The summed E-state index contributed by atoms with van der Waals surface area (Å²) in [5.74, 6) is 0.868. The minimum absolute atomic E-state index is 0.108. The van der Waals surface area contributed by atoms with Crippen LogP contribution in [0.3, 0.4) is 0 Å². The van der Waals surface area contributed by atoms with Crippen molar-refractivity contribution < 1.29 is 4.79 Å². The summed E-state index contributed by atoms with van der Waals surface area (Å²) in [6.07, 6.45) is 1.66. The smallest absolute Gasteiger partial charge is 0.251 e. The van der Waals surface area contributed by atoms with E-state index in [1.165, 1.54) is 0 Å². The highest BCUT2D eigenvalue weighted by molar-refractivity contribution is 5.94. The Morgan fingerprint density at radius 2 is 2.15 bits per heavy atom. The minimum atomic E-state index is -0.108. The highest BCUT2D eigenvalue weighted by Gasteiger charge is 2.22. The van der Waals surface area contributed by atoms with Crippen LogP contribution in [0.25, 0.3) is 0 Å². The maximum absolute atomic E-state index is 11.5. The van der Waals surface area contributed by atoms with Gasteiger partial charge in [0.05, 0.1) is 18.6 Å². The second kappa shape index (κ2) is 4.69. The number of benzene rings is 1. The third-order valence-electron chi connectivity index (χ3n) is 3.14. The molecule has 102 valence electrons. The van der Waals surface area contributed by atoms with Gasteiger partial charge in [-0.25, -0.2) is 4.98 Å². The molecule has 0 atom stereocenters. The third-order valence-corrected chi connectivity index (χ3v) is 3.14. The first-order valence-electron chi connectivity index (χ1n) is 6.15. The highest BCUT2D eigenvalue weighted by atomic mass is 16.1. The van der Waals surface area contributed by atoms with Crippen LogP contribution in [0.1, 0.15) is 10.4 Å². The molecule has 0 unspecified atom stereocenters. The first-order chi connectivity index (χ1) is 9.69. The molecule has 7 nitrogen and oxygen atoms in total. The lowest BCUT2D eigenvalue weighted by Gasteiger charge is -2.17. The molecule has 7 heteroatoms. The van der Waals surface area contributed by atoms with E-state index in [4.69, 9.17) is 5.73 Å². The van der Waals surface area contributed by atoms with Crippen molar-refractivity contribution in [2.75, 3.05) is 29.7 Å². The van der Waals surface area contributed by atoms with Crippen LogP contribution in [0.4, 0.5) is 23.1 Å². The molecule has 0 saturated carbocycles. The first-order valence-corrected chi connectivity index (χ1v) is 6.15. The molecule has 20 heavy (non-hydrogen) atoms. The Morgan fingerprint density at radius 3 is 2.85 bits per heavy atom. The Kier molecular flexibility index (Phi) is 2.86. The van der Waals surface area contributed by atoms with Crippen LogP contribution in [0.15, 0.2) is 30.5 Å². The molecule has 3 rings (SSSR count). The Balaban J connectivity index is 1.92. The third kappa shape index (κ3) is 1.99. The van der Waals surface area contributed by atoms with Crippen LogP contribution in [0, 0.1) is 0 Å². The fraction of sp³-hybridized carbons (Fsp3) is 0.154. The van der Waals surface area contributed by atoms with Gasteiger partial charge < -0.3 is 21.3 Å². The molecule has 1 aliphatic rings. The Bertz CT molecular complexity index is 654. The van der Waals surface area contributed by atoms with Gasteiger partial charge in [-0.3, -0.25) is 4.79 Å². The maximum atomic E-state index is 11.5. The van der Waals surface area contributed by atoms with Gasteiger partial charge in [-0.05, 0) is 24.3 Å². The van der Waals surface area contributed by atoms with E-state index in [0.717, 1.165) is 17.2 Å². The molecule has 2 heterocycles. The molecule has 0 spiro atoms. The predicted octanol–water partition coefficient (Wildman–Crippen LogP) is 0.939. The predicted molar refractivity (Wildman–Crippen MR) is 76.9 cm³/mol. The number of amides is 1. The number of carbonyl (C=O) groups excluding carboxylic acids is 1. The zero-order valence-electron chi connectivity index (χ0n) is 10.9. The van der Waals surface area contributed by atoms with Crippen molar-refractivity contribution >= 4 is 29.0 Å². The van der Waals surface area contributed by atoms with Crippen LogP contribution in [-0.4, -0.2) is 29.6 Å². The molecule has 1 aromatic carbocycles. The van der Waals surface area contributed by atoms with E-state index in [1.54, 1.807) is 25.4 Å². The molecule has 0 bridgehead atoms. The highest BCUT2D eigenvalue weighted by Crippen LogP contribution is 2.34. The number of nitrogen functional groups attached to an aromatic ring is 1. The summed E-state index contributed by atoms with van der Waals surface area (Å²) < 4.78 is 0. The van der Waals surface area contributed by atoms with Crippen LogP contribution in [-0.2, 0) is 0 Å². The molecule has 1 amide bonds. The van der Waals surface area contributed by atoms with Crippen molar-refractivity contribution in [1.82, 2.24) is 15.3 Å². The fourth-order valence-electron chi connectivity index (χ4n) is 2.11. The zero-order chi connectivity index (χ0) is 14.1. The summed E-state index contributed by atoms with van der Waals surface area (Å²) in [6.45, 7) is 0.590. The van der Waals surface area contributed by atoms with Gasteiger partial charge in [0.25, 0.3) is 5.91 Å². The van der Waals surface area contributed by atoms with Crippen molar-refractivity contribution in [2.45, 2.75) is 0 Å². The van der Waals surface area contributed by atoms with E-state index in [1.807, 2.05) is 17.0 Å². The molecule has 4 N–H and O–H groups in total. The largest absolute Gasteiger partial charge is 0.368 e.